The second-order valence-corrected chi connectivity index (χ2v) is 4.32. The summed E-state index contributed by atoms with van der Waals surface area (Å²) in [5, 5.41) is 0.808. The third-order valence-electron chi connectivity index (χ3n) is 2.60. The molecule has 0 atom stereocenters. The average Bonchev–Trinajstić information content (AvgIpc) is 2.80. The minimum absolute atomic E-state index is 0. The Morgan fingerprint density at radius 1 is 1.12 bits per heavy atom. The van der Waals surface area contributed by atoms with E-state index in [-0.39, 0.29) is 12.4 Å². The molecule has 0 N–H and O–H groups in total. The van der Waals surface area contributed by atoms with Crippen molar-refractivity contribution < 1.29 is 0 Å². The van der Waals surface area contributed by atoms with Crippen LogP contribution in [-0.4, -0.2) is 9.55 Å². The monoisotopic (exact) mass is 270 g/mol. The Balaban J connectivity index is 0.00000144. The summed E-state index contributed by atoms with van der Waals surface area (Å²) in [5.41, 5.74) is 1.36. The Bertz CT molecular complexity index is 409. The van der Waals surface area contributed by atoms with Crippen LogP contribution in [0.5, 0.6) is 0 Å². The van der Waals surface area contributed by atoms with E-state index in [2.05, 4.69) is 21.7 Å². The van der Waals surface area contributed by atoms with Gasteiger partial charge in [0.1, 0.15) is 0 Å². The van der Waals surface area contributed by atoms with E-state index < -0.39 is 0 Å². The predicted molar refractivity (Wildman–Crippen MR) is 73.9 cm³/mol. The van der Waals surface area contributed by atoms with Gasteiger partial charge in [0.25, 0.3) is 0 Å². The van der Waals surface area contributed by atoms with Crippen LogP contribution >= 0.6 is 24.0 Å². The minimum atomic E-state index is 0. The number of rotatable bonds is 5. The predicted octanol–water partition coefficient (Wildman–Crippen LogP) is 3.98. The molecule has 17 heavy (non-hydrogen) atoms. The van der Waals surface area contributed by atoms with Crippen LogP contribution in [0.3, 0.4) is 0 Å². The van der Waals surface area contributed by atoms with Gasteiger partial charge in [0, 0.05) is 24.0 Å². The summed E-state index contributed by atoms with van der Waals surface area (Å²) in [6.45, 7) is 1.05. The zero-order chi connectivity index (χ0) is 11.2. The molecule has 0 spiro atoms. The molecular formula is C13H16Cl2N2. The van der Waals surface area contributed by atoms with Crippen molar-refractivity contribution in [2.24, 2.45) is 0 Å². The molecular weight excluding hydrogens is 255 g/mol. The molecule has 0 saturated carbocycles. The maximum Gasteiger partial charge on any atom is 0.0945 e. The first-order valence-corrected chi connectivity index (χ1v) is 5.92. The van der Waals surface area contributed by atoms with Crippen LogP contribution in [0.2, 0.25) is 5.02 Å². The van der Waals surface area contributed by atoms with Gasteiger partial charge < -0.3 is 4.57 Å². The fraction of sp³-hybridized carbons (Fsp3) is 0.308. The van der Waals surface area contributed by atoms with Gasteiger partial charge in [-0.1, -0.05) is 23.7 Å². The molecule has 0 saturated heterocycles. The lowest BCUT2D eigenvalue weighted by Crippen LogP contribution is -1.95. The number of aryl methyl sites for hydroxylation is 2. The normalized spacial score (nSPS) is 9.94. The molecule has 92 valence electrons. The van der Waals surface area contributed by atoms with Crippen molar-refractivity contribution in [2.45, 2.75) is 25.8 Å². The molecule has 2 rings (SSSR count). The number of halogens is 2. The van der Waals surface area contributed by atoms with Crippen molar-refractivity contribution in [1.82, 2.24) is 9.55 Å². The number of nitrogens with zero attached hydrogens (tertiary/aromatic N) is 2. The van der Waals surface area contributed by atoms with E-state index in [1.54, 1.807) is 0 Å². The molecule has 0 fully saturated rings. The van der Waals surface area contributed by atoms with Gasteiger partial charge in [0.05, 0.1) is 6.33 Å². The highest BCUT2D eigenvalue weighted by atomic mass is 35.5. The number of hydrogen-bond acceptors (Lipinski definition) is 1. The second kappa shape index (κ2) is 7.36. The van der Waals surface area contributed by atoms with Gasteiger partial charge >= 0.3 is 0 Å². The largest absolute Gasteiger partial charge is 0.337 e. The first-order chi connectivity index (χ1) is 7.84. The average molecular weight is 271 g/mol. The van der Waals surface area contributed by atoms with Crippen LogP contribution in [0.25, 0.3) is 0 Å². The quantitative estimate of drug-likeness (QED) is 0.752. The molecule has 1 aromatic carbocycles. The maximum absolute atomic E-state index is 5.83. The summed E-state index contributed by atoms with van der Waals surface area (Å²) in [6.07, 6.45) is 9.18. The Hall–Kier alpha value is -0.990. The molecule has 0 aliphatic rings. The number of hydrogen-bond donors (Lipinski definition) is 0. The van der Waals surface area contributed by atoms with Crippen LogP contribution < -0.4 is 0 Å². The summed E-state index contributed by atoms with van der Waals surface area (Å²) in [7, 11) is 0. The molecule has 4 heteroatoms. The molecule has 2 nitrogen and oxygen atoms in total. The standard InChI is InChI=1S/C13H15ClN2.ClH/c14-13-6-4-12(5-7-13)3-1-2-9-16-10-8-15-11-16;/h4-8,10-11H,1-3,9H2;1H. The Labute approximate surface area is 113 Å². The van der Waals surface area contributed by atoms with Crippen LogP contribution in [0.15, 0.2) is 43.0 Å². The Morgan fingerprint density at radius 2 is 1.88 bits per heavy atom. The smallest absolute Gasteiger partial charge is 0.0945 e. The van der Waals surface area contributed by atoms with Gasteiger partial charge in [-0.15, -0.1) is 12.4 Å². The fourth-order valence-corrected chi connectivity index (χ4v) is 1.82. The van der Waals surface area contributed by atoms with Crippen molar-refractivity contribution >= 4 is 24.0 Å². The van der Waals surface area contributed by atoms with E-state index in [1.165, 1.54) is 18.4 Å². The van der Waals surface area contributed by atoms with Gasteiger partial charge in [-0.2, -0.15) is 0 Å². The van der Waals surface area contributed by atoms with E-state index in [0.717, 1.165) is 18.0 Å². The van der Waals surface area contributed by atoms with Crippen LogP contribution in [0.1, 0.15) is 18.4 Å². The highest BCUT2D eigenvalue weighted by Crippen LogP contribution is 2.11. The summed E-state index contributed by atoms with van der Waals surface area (Å²) in [6, 6.07) is 8.10. The minimum Gasteiger partial charge on any atom is -0.337 e. The summed E-state index contributed by atoms with van der Waals surface area (Å²) < 4.78 is 2.11. The third kappa shape index (κ3) is 4.80. The fourth-order valence-electron chi connectivity index (χ4n) is 1.69. The van der Waals surface area contributed by atoms with Gasteiger partial charge in [0.15, 0.2) is 0 Å². The van der Waals surface area contributed by atoms with Crippen molar-refractivity contribution in [1.29, 1.82) is 0 Å². The zero-order valence-electron chi connectivity index (χ0n) is 9.55. The van der Waals surface area contributed by atoms with Crippen molar-refractivity contribution in [3.63, 3.8) is 0 Å². The molecule has 0 aliphatic heterocycles. The van der Waals surface area contributed by atoms with Crippen LogP contribution in [0.4, 0.5) is 0 Å². The van der Waals surface area contributed by atoms with Crippen molar-refractivity contribution in [2.75, 3.05) is 0 Å². The zero-order valence-corrected chi connectivity index (χ0v) is 11.1. The highest BCUT2D eigenvalue weighted by Gasteiger charge is 1.94. The van der Waals surface area contributed by atoms with E-state index in [4.69, 9.17) is 11.6 Å². The van der Waals surface area contributed by atoms with E-state index in [0.29, 0.717) is 0 Å². The van der Waals surface area contributed by atoms with Gasteiger partial charge in [-0.25, -0.2) is 4.98 Å². The van der Waals surface area contributed by atoms with Crippen LogP contribution in [-0.2, 0) is 13.0 Å². The molecule has 1 aromatic heterocycles. The number of unbranched alkanes of at least 4 members (excludes halogenated alkanes) is 1. The lowest BCUT2D eigenvalue weighted by molar-refractivity contribution is 0.609. The van der Waals surface area contributed by atoms with E-state index in [9.17, 15) is 0 Å². The van der Waals surface area contributed by atoms with Crippen molar-refractivity contribution in [3.05, 3.63) is 53.6 Å². The first-order valence-electron chi connectivity index (χ1n) is 5.55. The number of benzene rings is 1. The Morgan fingerprint density at radius 3 is 2.53 bits per heavy atom. The van der Waals surface area contributed by atoms with Gasteiger partial charge in [-0.3, -0.25) is 0 Å². The van der Waals surface area contributed by atoms with Gasteiger partial charge in [0.2, 0.25) is 0 Å². The number of aromatic nitrogens is 2. The molecule has 0 bridgehead atoms. The SMILES string of the molecule is Cl.Clc1ccc(CCCCn2ccnc2)cc1. The lowest BCUT2D eigenvalue weighted by Gasteiger charge is -2.03. The number of imidazole rings is 1. The maximum atomic E-state index is 5.83. The highest BCUT2D eigenvalue weighted by molar-refractivity contribution is 6.30. The molecule has 1 heterocycles. The molecule has 0 aliphatic carbocycles. The molecule has 0 radical (unpaired) electrons. The molecule has 0 unspecified atom stereocenters. The summed E-state index contributed by atoms with van der Waals surface area (Å²) in [5.74, 6) is 0. The van der Waals surface area contributed by atoms with Crippen LogP contribution in [0, 0.1) is 0 Å². The summed E-state index contributed by atoms with van der Waals surface area (Å²) >= 11 is 5.83. The molecule has 0 amide bonds. The second-order valence-electron chi connectivity index (χ2n) is 3.88. The van der Waals surface area contributed by atoms with Crippen molar-refractivity contribution in [3.8, 4) is 0 Å². The molecule has 2 aromatic rings. The topological polar surface area (TPSA) is 17.8 Å². The Kier molecular flexibility index (Phi) is 6.09. The third-order valence-corrected chi connectivity index (χ3v) is 2.86. The van der Waals surface area contributed by atoms with E-state index in [1.807, 2.05) is 30.9 Å². The summed E-state index contributed by atoms with van der Waals surface area (Å²) in [4.78, 5) is 4.02. The van der Waals surface area contributed by atoms with E-state index >= 15 is 0 Å². The van der Waals surface area contributed by atoms with Gasteiger partial charge in [-0.05, 0) is 37.0 Å². The first kappa shape index (κ1) is 14.1. The lowest BCUT2D eigenvalue weighted by atomic mass is 10.1.